The van der Waals surface area contributed by atoms with Crippen LogP contribution >= 0.6 is 0 Å². The number of carbonyl (C=O) groups excluding carboxylic acids is 2. The van der Waals surface area contributed by atoms with Crippen LogP contribution in [-0.2, 0) is 13.5 Å². The van der Waals surface area contributed by atoms with Gasteiger partial charge in [0.15, 0.2) is 0 Å². The Hall–Kier alpha value is -3.93. The molecule has 3 aromatic carbocycles. The molecule has 156 valence electrons. The van der Waals surface area contributed by atoms with Gasteiger partial charge in [-0.1, -0.05) is 36.4 Å². The van der Waals surface area contributed by atoms with Crippen LogP contribution in [0.15, 0.2) is 72.8 Å². The summed E-state index contributed by atoms with van der Waals surface area (Å²) in [6, 6.07) is 22.3. The minimum absolute atomic E-state index is 0.0967. The van der Waals surface area contributed by atoms with Crippen molar-refractivity contribution in [3.05, 3.63) is 95.3 Å². The van der Waals surface area contributed by atoms with Crippen LogP contribution in [0.5, 0.6) is 0 Å². The molecule has 1 aromatic heterocycles. The third kappa shape index (κ3) is 4.48. The Morgan fingerprint density at radius 3 is 2.45 bits per heavy atom. The second-order valence-electron chi connectivity index (χ2n) is 7.43. The molecule has 6 heteroatoms. The number of fused-ring (bicyclic) bond motifs is 1. The standard InChI is InChI=1S/C25H24N4O2/c1-17-8-6-7-11-20(17)25(31)27-19-12-13-22-21(16-19)28-23(29(22)2)14-15-26-24(30)18-9-4-3-5-10-18/h3-13,16H,14-15H2,1-2H3,(H,26,30)(H,27,31). The van der Waals surface area contributed by atoms with Gasteiger partial charge in [0.25, 0.3) is 11.8 Å². The topological polar surface area (TPSA) is 76.0 Å². The van der Waals surface area contributed by atoms with E-state index < -0.39 is 0 Å². The van der Waals surface area contributed by atoms with Crippen LogP contribution in [0, 0.1) is 6.92 Å². The normalized spacial score (nSPS) is 10.8. The molecule has 0 saturated carbocycles. The highest BCUT2D eigenvalue weighted by molar-refractivity contribution is 6.05. The van der Waals surface area contributed by atoms with Crippen LogP contribution in [-0.4, -0.2) is 27.9 Å². The number of aryl methyl sites for hydroxylation is 2. The van der Waals surface area contributed by atoms with E-state index >= 15 is 0 Å². The lowest BCUT2D eigenvalue weighted by Gasteiger charge is -2.07. The van der Waals surface area contributed by atoms with Gasteiger partial charge in [-0.25, -0.2) is 4.98 Å². The van der Waals surface area contributed by atoms with Gasteiger partial charge in [-0.2, -0.15) is 0 Å². The van der Waals surface area contributed by atoms with Gasteiger partial charge in [0.05, 0.1) is 11.0 Å². The third-order valence-electron chi connectivity index (χ3n) is 5.29. The van der Waals surface area contributed by atoms with Gasteiger partial charge in [0.2, 0.25) is 0 Å². The zero-order valence-corrected chi connectivity index (χ0v) is 17.6. The average molecular weight is 412 g/mol. The van der Waals surface area contributed by atoms with Crippen molar-refractivity contribution < 1.29 is 9.59 Å². The lowest BCUT2D eigenvalue weighted by molar-refractivity contribution is 0.0953. The van der Waals surface area contributed by atoms with Crippen molar-refractivity contribution in [3.8, 4) is 0 Å². The van der Waals surface area contributed by atoms with E-state index in [0.29, 0.717) is 29.8 Å². The van der Waals surface area contributed by atoms with Crippen LogP contribution in [0.2, 0.25) is 0 Å². The molecule has 0 atom stereocenters. The Labute approximate surface area is 180 Å². The number of rotatable bonds is 6. The Kier molecular flexibility index (Phi) is 5.80. The molecule has 0 saturated heterocycles. The summed E-state index contributed by atoms with van der Waals surface area (Å²) in [5.41, 5.74) is 4.69. The van der Waals surface area contributed by atoms with Crippen molar-refractivity contribution in [1.82, 2.24) is 14.9 Å². The third-order valence-corrected chi connectivity index (χ3v) is 5.29. The Balaban J connectivity index is 1.44. The molecule has 0 radical (unpaired) electrons. The second kappa shape index (κ2) is 8.83. The molecule has 0 unspecified atom stereocenters. The quantitative estimate of drug-likeness (QED) is 0.500. The van der Waals surface area contributed by atoms with E-state index in [1.165, 1.54) is 0 Å². The maximum atomic E-state index is 12.6. The number of carbonyl (C=O) groups is 2. The van der Waals surface area contributed by atoms with Crippen molar-refractivity contribution in [3.63, 3.8) is 0 Å². The van der Waals surface area contributed by atoms with E-state index in [0.717, 1.165) is 22.4 Å². The van der Waals surface area contributed by atoms with Gasteiger partial charge < -0.3 is 15.2 Å². The average Bonchev–Trinajstić information content (AvgIpc) is 3.09. The second-order valence-corrected chi connectivity index (χ2v) is 7.43. The van der Waals surface area contributed by atoms with E-state index in [1.54, 1.807) is 12.1 Å². The first-order valence-electron chi connectivity index (χ1n) is 10.2. The van der Waals surface area contributed by atoms with Gasteiger partial charge in [-0.15, -0.1) is 0 Å². The Morgan fingerprint density at radius 2 is 1.68 bits per heavy atom. The monoisotopic (exact) mass is 412 g/mol. The smallest absolute Gasteiger partial charge is 0.255 e. The summed E-state index contributed by atoms with van der Waals surface area (Å²) in [4.78, 5) is 29.5. The van der Waals surface area contributed by atoms with Gasteiger partial charge >= 0.3 is 0 Å². The molecule has 6 nitrogen and oxygen atoms in total. The number of aromatic nitrogens is 2. The zero-order valence-electron chi connectivity index (χ0n) is 17.6. The molecule has 4 aromatic rings. The summed E-state index contributed by atoms with van der Waals surface area (Å²) < 4.78 is 2.01. The Morgan fingerprint density at radius 1 is 0.935 bits per heavy atom. The highest BCUT2D eigenvalue weighted by Gasteiger charge is 2.12. The van der Waals surface area contributed by atoms with Crippen LogP contribution in [0.1, 0.15) is 32.1 Å². The molecule has 0 aliphatic rings. The summed E-state index contributed by atoms with van der Waals surface area (Å²) in [5.74, 6) is 0.628. The number of imidazole rings is 1. The summed E-state index contributed by atoms with van der Waals surface area (Å²) in [7, 11) is 1.95. The number of amides is 2. The number of hydrogen-bond donors (Lipinski definition) is 2. The summed E-state index contributed by atoms with van der Waals surface area (Å²) in [5, 5.41) is 5.88. The minimum atomic E-state index is -0.141. The van der Waals surface area contributed by atoms with Crippen molar-refractivity contribution in [2.45, 2.75) is 13.3 Å². The largest absolute Gasteiger partial charge is 0.352 e. The maximum absolute atomic E-state index is 12.6. The molecular formula is C25H24N4O2. The SMILES string of the molecule is Cc1ccccc1C(=O)Nc1ccc2c(c1)nc(CCNC(=O)c1ccccc1)n2C. The molecule has 2 N–H and O–H groups in total. The van der Waals surface area contributed by atoms with Gasteiger partial charge in [-0.3, -0.25) is 9.59 Å². The molecule has 0 spiro atoms. The Bertz CT molecular complexity index is 1250. The van der Waals surface area contributed by atoms with E-state index in [2.05, 4.69) is 10.6 Å². The molecule has 0 aliphatic heterocycles. The highest BCUT2D eigenvalue weighted by atomic mass is 16.2. The molecule has 0 fully saturated rings. The molecule has 0 aliphatic carbocycles. The first-order valence-corrected chi connectivity index (χ1v) is 10.2. The molecule has 4 rings (SSSR count). The van der Waals surface area contributed by atoms with Crippen LogP contribution in [0.4, 0.5) is 5.69 Å². The van der Waals surface area contributed by atoms with E-state index in [1.807, 2.05) is 79.2 Å². The van der Waals surface area contributed by atoms with Crippen molar-refractivity contribution in [2.24, 2.45) is 7.05 Å². The predicted octanol–water partition coefficient (Wildman–Crippen LogP) is 4.11. The number of nitrogens with one attached hydrogen (secondary N) is 2. The lowest BCUT2D eigenvalue weighted by Crippen LogP contribution is -2.26. The van der Waals surface area contributed by atoms with E-state index in [4.69, 9.17) is 4.98 Å². The summed E-state index contributed by atoms with van der Waals surface area (Å²) in [6.45, 7) is 2.40. The van der Waals surface area contributed by atoms with Crippen LogP contribution in [0.3, 0.4) is 0 Å². The van der Waals surface area contributed by atoms with Crippen LogP contribution < -0.4 is 10.6 Å². The highest BCUT2D eigenvalue weighted by Crippen LogP contribution is 2.21. The van der Waals surface area contributed by atoms with Crippen LogP contribution in [0.25, 0.3) is 11.0 Å². The fourth-order valence-corrected chi connectivity index (χ4v) is 3.56. The molecule has 0 bridgehead atoms. The van der Waals surface area contributed by atoms with Gasteiger partial charge in [0.1, 0.15) is 5.82 Å². The van der Waals surface area contributed by atoms with Crippen molar-refractivity contribution in [1.29, 1.82) is 0 Å². The number of nitrogens with zero attached hydrogens (tertiary/aromatic N) is 2. The molecule has 1 heterocycles. The van der Waals surface area contributed by atoms with E-state index in [-0.39, 0.29) is 11.8 Å². The summed E-state index contributed by atoms with van der Waals surface area (Å²) in [6.07, 6.45) is 0.606. The molecule has 31 heavy (non-hydrogen) atoms. The first kappa shape index (κ1) is 20.3. The first-order chi connectivity index (χ1) is 15.0. The zero-order chi connectivity index (χ0) is 21.8. The van der Waals surface area contributed by atoms with Gasteiger partial charge in [-0.05, 0) is 48.9 Å². The minimum Gasteiger partial charge on any atom is -0.352 e. The number of anilines is 1. The van der Waals surface area contributed by atoms with Crippen molar-refractivity contribution >= 4 is 28.5 Å². The fraction of sp³-hybridized carbons (Fsp3) is 0.160. The summed E-state index contributed by atoms with van der Waals surface area (Å²) >= 11 is 0. The number of hydrogen-bond acceptors (Lipinski definition) is 3. The molecule has 2 amide bonds. The van der Waals surface area contributed by atoms with Crippen molar-refractivity contribution in [2.75, 3.05) is 11.9 Å². The van der Waals surface area contributed by atoms with Gasteiger partial charge in [0, 0.05) is 36.8 Å². The number of benzene rings is 3. The molecular weight excluding hydrogens is 388 g/mol. The maximum Gasteiger partial charge on any atom is 0.255 e. The lowest BCUT2D eigenvalue weighted by atomic mass is 10.1. The predicted molar refractivity (Wildman–Crippen MR) is 122 cm³/mol. The fourth-order valence-electron chi connectivity index (χ4n) is 3.56. The van der Waals surface area contributed by atoms with E-state index in [9.17, 15) is 9.59 Å².